The molecular weight excluding hydrogens is 937 g/mol. The maximum Gasteiger partial charge on any atom is 0.505 e. The van der Waals surface area contributed by atoms with Crippen LogP contribution >= 0.6 is 0 Å². The summed E-state index contributed by atoms with van der Waals surface area (Å²) in [5.41, 5.74) is 0. The monoisotopic (exact) mass is 1030 g/mol. The molecule has 0 bridgehead atoms. The molecule has 3 aromatic carbocycles. The molecule has 8 nitrogen and oxygen atoms in total. The normalized spacial score (nSPS) is 14.8. The zero-order chi connectivity index (χ0) is 45.9. The molecule has 0 saturated carbocycles. The highest BCUT2D eigenvalue weighted by Gasteiger charge is 2.54. The second-order valence-corrected chi connectivity index (χ2v) is 62.6. The van der Waals surface area contributed by atoms with Gasteiger partial charge in [-0.1, -0.05) is 119 Å². The summed E-state index contributed by atoms with van der Waals surface area (Å²) in [6.07, 6.45) is 0. The van der Waals surface area contributed by atoms with Crippen molar-refractivity contribution in [1.82, 2.24) is 0 Å². The molecule has 62 heavy (non-hydrogen) atoms. The molecule has 3 aromatic rings. The third-order valence-corrected chi connectivity index (χ3v) is 44.1. The largest absolute Gasteiger partial charge is 0.505 e. The van der Waals surface area contributed by atoms with Crippen molar-refractivity contribution in [2.45, 2.75) is 165 Å². The molecule has 0 aromatic heterocycles. The van der Waals surface area contributed by atoms with Crippen LogP contribution in [0, 0.1) is 0 Å². The molecule has 1 unspecified atom stereocenters. The van der Waals surface area contributed by atoms with Gasteiger partial charge >= 0.3 is 25.9 Å². The fraction of sp³-hybridized carbons (Fsp3) is 0.591. The van der Waals surface area contributed by atoms with E-state index >= 15 is 0 Å². The minimum atomic E-state index is -3.28. The molecule has 0 aliphatic carbocycles. The maximum atomic E-state index is 7.40. The lowest BCUT2D eigenvalue weighted by Gasteiger charge is -2.44. The third kappa shape index (κ3) is 18.3. The summed E-state index contributed by atoms with van der Waals surface area (Å²) in [7, 11) is -23.6. The van der Waals surface area contributed by atoms with E-state index in [1.54, 1.807) is 0 Å². The van der Waals surface area contributed by atoms with Crippen LogP contribution in [0.3, 0.4) is 0 Å². The van der Waals surface area contributed by atoms with Gasteiger partial charge in [0.2, 0.25) is 25.0 Å². The zero-order valence-electron chi connectivity index (χ0n) is 41.4. The average Bonchev–Trinajstić information content (AvgIpc) is 3.07. The third-order valence-electron chi connectivity index (χ3n) is 10.1. The van der Waals surface area contributed by atoms with Crippen molar-refractivity contribution in [2.24, 2.45) is 0 Å². The van der Waals surface area contributed by atoms with Gasteiger partial charge in [-0.05, 0) is 146 Å². The van der Waals surface area contributed by atoms with Gasteiger partial charge in [0.25, 0.3) is 0 Å². The fourth-order valence-electron chi connectivity index (χ4n) is 7.53. The minimum Gasteiger partial charge on any atom is -0.433 e. The minimum absolute atomic E-state index is 0. The molecule has 3 rings (SSSR count). The molecule has 0 N–H and O–H groups in total. The topological polar surface area (TPSA) is 73.8 Å². The van der Waals surface area contributed by atoms with E-state index in [0.717, 1.165) is 17.3 Å². The Bertz CT molecular complexity index is 1790. The molecule has 354 valence electrons. The van der Waals surface area contributed by atoms with Crippen LogP contribution in [0.25, 0.3) is 0 Å². The SMILES string of the molecule is C.C.CCOO[Si](C)(CC[Si](C)(C)O[Si](O[Si](C)(C)C)(O[Si](C)(C)C)c1ccccc1)O[Si](C)(C)c1ccc([Si](C)(C)O[Si](C)(C)O[Si](C)(C)c2ccc([Si](C)(C)C)cc2)cc1. The molecule has 1 atom stereocenters. The van der Waals surface area contributed by atoms with Crippen molar-refractivity contribution < 1.29 is 34.2 Å². The predicted molar refractivity (Wildman–Crippen MR) is 295 cm³/mol. The average molecular weight is 1030 g/mol. The Hall–Kier alpha value is -0.491. The van der Waals surface area contributed by atoms with E-state index in [2.05, 4.69) is 204 Å². The van der Waals surface area contributed by atoms with Gasteiger partial charge in [-0.25, -0.2) is 4.89 Å². The highest BCUT2D eigenvalue weighted by atomic mass is 28.5. The Morgan fingerprint density at radius 1 is 0.387 bits per heavy atom. The van der Waals surface area contributed by atoms with Gasteiger partial charge < -0.3 is 24.7 Å². The Labute approximate surface area is 391 Å². The van der Waals surface area contributed by atoms with Gasteiger partial charge in [-0.15, -0.1) is 0 Å². The van der Waals surface area contributed by atoms with E-state index < -0.39 is 83.9 Å². The van der Waals surface area contributed by atoms with E-state index in [0.29, 0.717) is 6.61 Å². The van der Waals surface area contributed by atoms with Crippen LogP contribution in [0.5, 0.6) is 0 Å². The van der Waals surface area contributed by atoms with Crippen molar-refractivity contribution >= 4 is 110 Å². The summed E-state index contributed by atoms with van der Waals surface area (Å²) in [5, 5.41) is 6.30. The quantitative estimate of drug-likeness (QED) is 0.0528. The van der Waals surface area contributed by atoms with Gasteiger partial charge in [0.15, 0.2) is 25.0 Å². The molecule has 0 amide bonds. The predicted octanol–water partition coefficient (Wildman–Crippen LogP) is 11.0. The van der Waals surface area contributed by atoms with Crippen LogP contribution < -0.4 is 25.9 Å². The van der Waals surface area contributed by atoms with Crippen LogP contribution in [0.4, 0.5) is 0 Å². The molecule has 0 saturated heterocycles. The van der Waals surface area contributed by atoms with E-state index in [9.17, 15) is 0 Å². The van der Waals surface area contributed by atoms with Crippen molar-refractivity contribution in [2.75, 3.05) is 6.61 Å². The second-order valence-electron chi connectivity index (χ2n) is 22.0. The summed E-state index contributed by atoms with van der Waals surface area (Å²) in [5.74, 6) is 0. The Balaban J connectivity index is 0.00000961. The van der Waals surface area contributed by atoms with Gasteiger partial charge in [0, 0.05) is 5.19 Å². The van der Waals surface area contributed by atoms with Crippen LogP contribution in [0.1, 0.15) is 21.8 Å². The van der Waals surface area contributed by atoms with Crippen LogP contribution in [-0.2, 0) is 34.2 Å². The smallest absolute Gasteiger partial charge is 0.433 e. The number of hydrogen-bond acceptors (Lipinski definition) is 8. The Morgan fingerprint density at radius 3 is 1.11 bits per heavy atom. The Morgan fingerprint density at radius 2 is 0.758 bits per heavy atom. The summed E-state index contributed by atoms with van der Waals surface area (Å²) in [6.45, 7) is 47.8. The van der Waals surface area contributed by atoms with Crippen molar-refractivity contribution in [3.8, 4) is 0 Å². The van der Waals surface area contributed by atoms with Crippen molar-refractivity contribution in [3.63, 3.8) is 0 Å². The van der Waals surface area contributed by atoms with Crippen LogP contribution in [-0.4, -0.2) is 90.5 Å². The van der Waals surface area contributed by atoms with Gasteiger partial charge in [0.05, 0.1) is 14.7 Å². The van der Waals surface area contributed by atoms with Crippen molar-refractivity contribution in [3.05, 3.63) is 78.9 Å². The second kappa shape index (κ2) is 22.1. The van der Waals surface area contributed by atoms with E-state index in [1.165, 1.54) is 20.7 Å². The first-order valence-corrected chi connectivity index (χ1v) is 51.0. The number of benzene rings is 3. The molecule has 0 heterocycles. The number of hydrogen-bond donors (Lipinski definition) is 0. The molecule has 0 fully saturated rings. The highest BCUT2D eigenvalue weighted by Crippen LogP contribution is 2.32. The molecular formula is C44H90O8Si10. The van der Waals surface area contributed by atoms with Gasteiger partial charge in [-0.2, -0.15) is 0 Å². The highest BCUT2D eigenvalue weighted by molar-refractivity contribution is 6.98. The van der Waals surface area contributed by atoms with Gasteiger partial charge in [0.1, 0.15) is 0 Å². The van der Waals surface area contributed by atoms with Crippen molar-refractivity contribution in [1.29, 1.82) is 0 Å². The van der Waals surface area contributed by atoms with E-state index in [4.69, 9.17) is 34.2 Å². The molecule has 0 spiro atoms. The van der Waals surface area contributed by atoms with Crippen LogP contribution in [0.2, 0.25) is 143 Å². The van der Waals surface area contributed by atoms with E-state index in [1.807, 2.05) is 13.0 Å². The van der Waals surface area contributed by atoms with Gasteiger partial charge in [-0.3, -0.25) is 4.58 Å². The summed E-state index contributed by atoms with van der Waals surface area (Å²) >= 11 is 0. The summed E-state index contributed by atoms with van der Waals surface area (Å²) in [6, 6.07) is 30.3. The lowest BCUT2D eigenvalue weighted by atomic mass is 10.4. The molecule has 0 radical (unpaired) electrons. The fourth-order valence-corrected chi connectivity index (χ4v) is 46.3. The van der Waals surface area contributed by atoms with Crippen LogP contribution in [0.15, 0.2) is 78.9 Å². The lowest BCUT2D eigenvalue weighted by Crippen LogP contribution is -2.67. The number of rotatable bonds is 23. The summed E-state index contributed by atoms with van der Waals surface area (Å²) in [4.78, 5) is 5.73. The molecule has 0 aliphatic heterocycles. The molecule has 0 aliphatic rings. The zero-order valence-corrected chi connectivity index (χ0v) is 51.4. The standard InChI is InChI=1S/C42H82O8Si10.2CH4/c1-22-43-44-59(21,37-36-54(11,12)47-60(45-52(5,6)7,46-53(8,9)10)42-26-24-23-25-27-42)50-57(17,18)41-34-32-40(33-35-41)56(15,16)49-58(19,20)48-55(13,14)39-30-28-38(29-31-39)51(2,3)4;;/h23-35H,22,36-37H2,1-21H3;2*1H4. The summed E-state index contributed by atoms with van der Waals surface area (Å²) < 4.78 is 49.3. The maximum absolute atomic E-state index is 7.40. The lowest BCUT2D eigenvalue weighted by molar-refractivity contribution is -0.224. The van der Waals surface area contributed by atoms with E-state index in [-0.39, 0.29) is 14.9 Å². The Kier molecular flexibility index (Phi) is 21.2. The first kappa shape index (κ1) is 59.5. The first-order valence-electron chi connectivity index (χ1n) is 21.8. The first-order chi connectivity index (χ1) is 27.0. The molecule has 18 heteroatoms.